The molecule has 0 aliphatic carbocycles. The average Bonchev–Trinajstić information content (AvgIpc) is 3.26. The molecule has 1 amide bonds. The summed E-state index contributed by atoms with van der Waals surface area (Å²) in [5.74, 6) is 1.41. The number of ketones is 1. The molecule has 0 fully saturated rings. The third-order valence-corrected chi connectivity index (χ3v) is 5.90. The van der Waals surface area contributed by atoms with Crippen LogP contribution in [0.2, 0.25) is 0 Å². The first-order valence-corrected chi connectivity index (χ1v) is 11.4. The standard InChI is InChI=1S/C24H25N3O5S/c1-14(20(28)15-9-11-16(12-10-15)25-22(29)24(2,3)4)33-23-27-26-21(32-23)19-13-30-17-7-5-6-8-18(17)31-19/h5-12,14,19H,13H2,1-4H3,(H,25,29)/t14-,19-/m0/s1. The van der Waals surface area contributed by atoms with Crippen LogP contribution < -0.4 is 14.8 Å². The molecule has 2 heterocycles. The highest BCUT2D eigenvalue weighted by molar-refractivity contribution is 8.00. The summed E-state index contributed by atoms with van der Waals surface area (Å²) in [7, 11) is 0. The van der Waals surface area contributed by atoms with Gasteiger partial charge >= 0.3 is 0 Å². The van der Waals surface area contributed by atoms with Crippen LogP contribution >= 0.6 is 11.8 Å². The monoisotopic (exact) mass is 467 g/mol. The minimum atomic E-state index is -0.511. The second-order valence-corrected chi connectivity index (χ2v) is 9.97. The Balaban J connectivity index is 1.36. The lowest BCUT2D eigenvalue weighted by Gasteiger charge is -2.23. The number of aromatic nitrogens is 2. The van der Waals surface area contributed by atoms with Crippen molar-refractivity contribution < 1.29 is 23.5 Å². The van der Waals surface area contributed by atoms with Gasteiger partial charge in [-0.15, -0.1) is 10.2 Å². The summed E-state index contributed by atoms with van der Waals surface area (Å²) in [4.78, 5) is 25.0. The smallest absolute Gasteiger partial charge is 0.277 e. The number of nitrogens with one attached hydrogen (secondary N) is 1. The van der Waals surface area contributed by atoms with Gasteiger partial charge < -0.3 is 19.2 Å². The Kier molecular flexibility index (Phi) is 6.42. The number of anilines is 1. The minimum absolute atomic E-state index is 0.0837. The molecule has 0 spiro atoms. The SMILES string of the molecule is C[C@H](Sc1nnc([C@@H]2COc3ccccc3O2)o1)C(=O)c1ccc(NC(=O)C(C)(C)C)cc1. The Morgan fingerprint density at radius 3 is 2.45 bits per heavy atom. The van der Waals surface area contributed by atoms with Gasteiger partial charge in [-0.1, -0.05) is 44.7 Å². The quantitative estimate of drug-likeness (QED) is 0.402. The van der Waals surface area contributed by atoms with Crippen molar-refractivity contribution in [3.63, 3.8) is 0 Å². The van der Waals surface area contributed by atoms with E-state index in [1.54, 1.807) is 31.2 Å². The van der Waals surface area contributed by atoms with Gasteiger partial charge in [-0.2, -0.15) is 0 Å². The van der Waals surface area contributed by atoms with Crippen LogP contribution in [0.25, 0.3) is 0 Å². The van der Waals surface area contributed by atoms with Crippen molar-refractivity contribution in [3.05, 3.63) is 60.0 Å². The zero-order valence-electron chi connectivity index (χ0n) is 18.8. The summed E-state index contributed by atoms with van der Waals surface area (Å²) in [6.45, 7) is 7.57. The molecule has 1 aromatic heterocycles. The number of hydrogen-bond acceptors (Lipinski definition) is 8. The summed E-state index contributed by atoms with van der Waals surface area (Å²) in [6, 6.07) is 14.2. The summed E-state index contributed by atoms with van der Waals surface area (Å²) < 4.78 is 17.3. The Bertz CT molecular complexity index is 1150. The molecule has 0 saturated carbocycles. The number of hydrogen-bond donors (Lipinski definition) is 1. The molecule has 1 N–H and O–H groups in total. The third kappa shape index (κ3) is 5.36. The lowest BCUT2D eigenvalue weighted by Crippen LogP contribution is -2.27. The van der Waals surface area contributed by atoms with E-state index in [4.69, 9.17) is 13.9 Å². The van der Waals surface area contributed by atoms with Crippen LogP contribution in [0.4, 0.5) is 5.69 Å². The van der Waals surface area contributed by atoms with Crippen molar-refractivity contribution in [2.75, 3.05) is 11.9 Å². The molecule has 9 heteroatoms. The van der Waals surface area contributed by atoms with Gasteiger partial charge in [-0.3, -0.25) is 9.59 Å². The topological polar surface area (TPSA) is 104 Å². The Morgan fingerprint density at radius 2 is 1.76 bits per heavy atom. The molecule has 0 bridgehead atoms. The van der Waals surface area contributed by atoms with Crippen molar-refractivity contribution in [3.8, 4) is 11.5 Å². The van der Waals surface area contributed by atoms with Crippen molar-refractivity contribution in [1.82, 2.24) is 10.2 Å². The van der Waals surface area contributed by atoms with Crippen LogP contribution in [-0.4, -0.2) is 33.7 Å². The molecular formula is C24H25N3O5S. The zero-order valence-corrected chi connectivity index (χ0v) is 19.6. The molecule has 4 rings (SSSR count). The van der Waals surface area contributed by atoms with Crippen molar-refractivity contribution >= 4 is 29.1 Å². The van der Waals surface area contributed by atoms with Crippen LogP contribution in [0.15, 0.2) is 58.2 Å². The number of ether oxygens (including phenoxy) is 2. The van der Waals surface area contributed by atoms with Gasteiger partial charge in [-0.25, -0.2) is 0 Å². The molecular weight excluding hydrogens is 442 g/mol. The molecule has 0 unspecified atom stereocenters. The molecule has 2 atom stereocenters. The first-order valence-electron chi connectivity index (χ1n) is 10.5. The van der Waals surface area contributed by atoms with E-state index in [2.05, 4.69) is 15.5 Å². The normalized spacial score (nSPS) is 16.2. The van der Waals surface area contributed by atoms with Crippen LogP contribution in [-0.2, 0) is 4.79 Å². The lowest BCUT2D eigenvalue weighted by molar-refractivity contribution is -0.123. The van der Waals surface area contributed by atoms with Crippen LogP contribution in [0.1, 0.15) is 50.0 Å². The molecule has 8 nitrogen and oxygen atoms in total. The molecule has 2 aromatic carbocycles. The fraction of sp³-hybridized carbons (Fsp3) is 0.333. The number of carbonyl (C=O) groups excluding carboxylic acids is 2. The molecule has 3 aromatic rings. The summed E-state index contributed by atoms with van der Waals surface area (Å²) in [6.07, 6.45) is -0.511. The molecule has 0 saturated heterocycles. The van der Waals surface area contributed by atoms with E-state index in [9.17, 15) is 9.59 Å². The van der Waals surface area contributed by atoms with Crippen molar-refractivity contribution in [2.24, 2.45) is 5.41 Å². The summed E-state index contributed by atoms with van der Waals surface area (Å²) >= 11 is 1.18. The second kappa shape index (κ2) is 9.27. The summed E-state index contributed by atoms with van der Waals surface area (Å²) in [5.41, 5.74) is 0.675. The van der Waals surface area contributed by atoms with Gasteiger partial charge in [-0.05, 0) is 43.3 Å². The van der Waals surface area contributed by atoms with Crippen molar-refractivity contribution in [2.45, 2.75) is 44.3 Å². The van der Waals surface area contributed by atoms with Gasteiger partial charge in [0.25, 0.3) is 11.1 Å². The highest BCUT2D eigenvalue weighted by Gasteiger charge is 2.28. The predicted octanol–water partition coefficient (Wildman–Crippen LogP) is 4.93. The lowest BCUT2D eigenvalue weighted by atomic mass is 9.95. The number of Topliss-reactive ketones (excluding diaryl/α,β-unsaturated/α-hetero) is 1. The number of thioether (sulfide) groups is 1. The first-order chi connectivity index (χ1) is 15.7. The van der Waals surface area contributed by atoms with Gasteiger partial charge in [0.15, 0.2) is 17.3 Å². The maximum Gasteiger partial charge on any atom is 0.277 e. The molecule has 0 radical (unpaired) electrons. The molecule has 1 aliphatic rings. The van der Waals surface area contributed by atoms with Gasteiger partial charge in [0.05, 0.1) is 5.25 Å². The predicted molar refractivity (Wildman–Crippen MR) is 124 cm³/mol. The van der Waals surface area contributed by atoms with E-state index >= 15 is 0 Å². The fourth-order valence-electron chi connectivity index (χ4n) is 3.02. The number of fused-ring (bicyclic) bond motifs is 1. The molecule has 33 heavy (non-hydrogen) atoms. The van der Waals surface area contributed by atoms with E-state index in [1.165, 1.54) is 11.8 Å². The van der Waals surface area contributed by atoms with E-state index in [1.807, 2.05) is 45.0 Å². The Labute approximate surface area is 196 Å². The number of para-hydroxylation sites is 2. The summed E-state index contributed by atoms with van der Waals surface area (Å²) in [5, 5.41) is 10.8. The number of carbonyl (C=O) groups is 2. The highest BCUT2D eigenvalue weighted by Crippen LogP contribution is 2.36. The highest BCUT2D eigenvalue weighted by atomic mass is 32.2. The van der Waals surface area contributed by atoms with Gasteiger partial charge in [0.2, 0.25) is 12.0 Å². The van der Waals surface area contributed by atoms with Crippen LogP contribution in [0.3, 0.4) is 0 Å². The Hall–Kier alpha value is -3.33. The van der Waals surface area contributed by atoms with E-state index in [-0.39, 0.29) is 23.5 Å². The van der Waals surface area contributed by atoms with Crippen LogP contribution in [0.5, 0.6) is 11.5 Å². The number of rotatable bonds is 6. The maximum absolute atomic E-state index is 12.8. The molecule has 1 aliphatic heterocycles. The average molecular weight is 468 g/mol. The van der Waals surface area contributed by atoms with Crippen LogP contribution in [0, 0.1) is 5.41 Å². The number of amides is 1. The minimum Gasteiger partial charge on any atom is -0.485 e. The number of nitrogens with zero attached hydrogens (tertiary/aromatic N) is 2. The molecule has 172 valence electrons. The number of benzene rings is 2. The third-order valence-electron chi connectivity index (χ3n) is 4.96. The van der Waals surface area contributed by atoms with Crippen molar-refractivity contribution in [1.29, 1.82) is 0 Å². The van der Waals surface area contributed by atoms with E-state index in [0.29, 0.717) is 28.6 Å². The zero-order chi connectivity index (χ0) is 23.6. The largest absolute Gasteiger partial charge is 0.485 e. The second-order valence-electron chi connectivity index (χ2n) is 8.68. The fourth-order valence-corrected chi connectivity index (χ4v) is 3.78. The van der Waals surface area contributed by atoms with E-state index < -0.39 is 16.8 Å². The Morgan fingerprint density at radius 1 is 1.06 bits per heavy atom. The van der Waals surface area contributed by atoms with Gasteiger partial charge in [0, 0.05) is 16.7 Å². The van der Waals surface area contributed by atoms with E-state index in [0.717, 1.165) is 0 Å². The van der Waals surface area contributed by atoms with Gasteiger partial charge in [0.1, 0.15) is 6.61 Å². The maximum atomic E-state index is 12.8. The first kappa shape index (κ1) is 22.8.